The summed E-state index contributed by atoms with van der Waals surface area (Å²) in [5.41, 5.74) is 1.83. The van der Waals surface area contributed by atoms with Gasteiger partial charge in [0, 0.05) is 5.56 Å². The maximum Gasteiger partial charge on any atom is 0.338 e. The number of carbonyl (C=O) groups is 2. The molecular formula is C20H18O5. The molecule has 0 atom stereocenters. The van der Waals surface area contributed by atoms with E-state index in [2.05, 4.69) is 0 Å². The summed E-state index contributed by atoms with van der Waals surface area (Å²) in [6, 6.07) is 12.0. The normalized spacial score (nSPS) is 12.8. The predicted molar refractivity (Wildman–Crippen MR) is 93.2 cm³/mol. The zero-order chi connectivity index (χ0) is 17.6. The molecule has 0 fully saturated rings. The van der Waals surface area contributed by atoms with Crippen molar-refractivity contribution in [2.45, 2.75) is 6.92 Å². The largest absolute Gasteiger partial charge is 0.486 e. The van der Waals surface area contributed by atoms with E-state index >= 15 is 0 Å². The van der Waals surface area contributed by atoms with Crippen LogP contribution < -0.4 is 9.47 Å². The second-order valence-corrected chi connectivity index (χ2v) is 5.40. The summed E-state index contributed by atoms with van der Waals surface area (Å²) in [6.07, 6.45) is 3.19. The lowest BCUT2D eigenvalue weighted by molar-refractivity contribution is 0.0526. The van der Waals surface area contributed by atoms with E-state index in [-0.39, 0.29) is 11.8 Å². The van der Waals surface area contributed by atoms with E-state index in [9.17, 15) is 9.59 Å². The minimum atomic E-state index is -0.356. The fraction of sp³-hybridized carbons (Fsp3) is 0.200. The second-order valence-electron chi connectivity index (χ2n) is 5.40. The molecular weight excluding hydrogens is 320 g/mol. The number of ketones is 1. The van der Waals surface area contributed by atoms with Crippen molar-refractivity contribution in [2.75, 3.05) is 19.8 Å². The molecule has 0 spiro atoms. The minimum Gasteiger partial charge on any atom is -0.486 e. The summed E-state index contributed by atoms with van der Waals surface area (Å²) in [7, 11) is 0. The predicted octanol–water partition coefficient (Wildman–Crippen LogP) is 3.53. The summed E-state index contributed by atoms with van der Waals surface area (Å²) in [5.74, 6) is 0.752. The molecule has 0 radical (unpaired) electrons. The number of carbonyl (C=O) groups excluding carboxylic acids is 2. The van der Waals surface area contributed by atoms with Crippen molar-refractivity contribution >= 4 is 17.8 Å². The van der Waals surface area contributed by atoms with Crippen LogP contribution in [0.3, 0.4) is 0 Å². The molecule has 25 heavy (non-hydrogen) atoms. The second kappa shape index (κ2) is 7.66. The first-order valence-electron chi connectivity index (χ1n) is 8.06. The maximum absolute atomic E-state index is 12.3. The topological polar surface area (TPSA) is 61.8 Å². The molecule has 0 unspecified atom stereocenters. The third-order valence-corrected chi connectivity index (χ3v) is 3.68. The average Bonchev–Trinajstić information content (AvgIpc) is 2.66. The molecule has 3 rings (SSSR count). The van der Waals surface area contributed by atoms with Gasteiger partial charge in [-0.05, 0) is 48.9 Å². The van der Waals surface area contributed by atoms with Gasteiger partial charge in [0.25, 0.3) is 0 Å². The van der Waals surface area contributed by atoms with Gasteiger partial charge < -0.3 is 14.2 Å². The van der Waals surface area contributed by atoms with Gasteiger partial charge >= 0.3 is 5.97 Å². The molecule has 1 aliphatic heterocycles. The first-order valence-corrected chi connectivity index (χ1v) is 8.06. The Morgan fingerprint density at radius 3 is 2.40 bits per heavy atom. The van der Waals surface area contributed by atoms with E-state index in [0.29, 0.717) is 42.4 Å². The highest BCUT2D eigenvalue weighted by Crippen LogP contribution is 2.30. The highest BCUT2D eigenvalue weighted by atomic mass is 16.6. The number of hydrogen-bond acceptors (Lipinski definition) is 5. The summed E-state index contributed by atoms with van der Waals surface area (Å²) in [4.78, 5) is 23.9. The summed E-state index contributed by atoms with van der Waals surface area (Å²) in [6.45, 7) is 3.10. The van der Waals surface area contributed by atoms with E-state index in [4.69, 9.17) is 14.2 Å². The lowest BCUT2D eigenvalue weighted by Crippen LogP contribution is -2.15. The van der Waals surface area contributed by atoms with Gasteiger partial charge in [-0.15, -0.1) is 0 Å². The Balaban J connectivity index is 1.69. The third kappa shape index (κ3) is 4.07. The summed E-state index contributed by atoms with van der Waals surface area (Å²) in [5, 5.41) is 0. The van der Waals surface area contributed by atoms with Crippen LogP contribution in [0.25, 0.3) is 6.08 Å². The van der Waals surface area contributed by atoms with Crippen LogP contribution in [0.4, 0.5) is 0 Å². The molecule has 0 saturated heterocycles. The van der Waals surface area contributed by atoms with Crippen LogP contribution in [0.15, 0.2) is 48.5 Å². The first kappa shape index (κ1) is 16.8. The Hall–Kier alpha value is -3.08. The number of fused-ring (bicyclic) bond motifs is 1. The van der Waals surface area contributed by atoms with Gasteiger partial charge in [0.15, 0.2) is 17.3 Å². The zero-order valence-electron chi connectivity index (χ0n) is 13.9. The molecule has 0 aromatic heterocycles. The number of ether oxygens (including phenoxy) is 3. The fourth-order valence-electron chi connectivity index (χ4n) is 2.41. The molecule has 5 heteroatoms. The van der Waals surface area contributed by atoms with Crippen molar-refractivity contribution < 1.29 is 23.8 Å². The van der Waals surface area contributed by atoms with Crippen molar-refractivity contribution in [3.05, 3.63) is 65.2 Å². The maximum atomic E-state index is 12.3. The number of esters is 1. The van der Waals surface area contributed by atoms with Gasteiger partial charge in [-0.1, -0.05) is 18.2 Å². The van der Waals surface area contributed by atoms with Crippen molar-refractivity contribution in [1.29, 1.82) is 0 Å². The third-order valence-electron chi connectivity index (χ3n) is 3.68. The lowest BCUT2D eigenvalue weighted by atomic mass is 10.1. The Morgan fingerprint density at radius 1 is 1.00 bits per heavy atom. The number of hydrogen-bond donors (Lipinski definition) is 0. The molecule has 0 saturated carbocycles. The van der Waals surface area contributed by atoms with Crippen LogP contribution in [0.5, 0.6) is 11.5 Å². The Morgan fingerprint density at radius 2 is 1.68 bits per heavy atom. The minimum absolute atomic E-state index is 0.133. The number of rotatable bonds is 5. The quantitative estimate of drug-likeness (QED) is 0.474. The first-order chi connectivity index (χ1) is 12.2. The van der Waals surface area contributed by atoms with Crippen LogP contribution in [-0.2, 0) is 4.74 Å². The van der Waals surface area contributed by atoms with E-state index in [0.717, 1.165) is 5.56 Å². The van der Waals surface area contributed by atoms with Gasteiger partial charge in [0.1, 0.15) is 13.2 Å². The molecule has 0 bridgehead atoms. The van der Waals surface area contributed by atoms with E-state index in [1.807, 2.05) is 0 Å². The van der Waals surface area contributed by atoms with Crippen molar-refractivity contribution in [3.8, 4) is 11.5 Å². The molecule has 2 aromatic rings. The van der Waals surface area contributed by atoms with Crippen LogP contribution >= 0.6 is 0 Å². The number of allylic oxidation sites excluding steroid dienone is 1. The fourth-order valence-corrected chi connectivity index (χ4v) is 2.41. The molecule has 5 nitrogen and oxygen atoms in total. The standard InChI is InChI=1S/C20H18O5/c1-2-23-20(22)15-6-3-14(4-7-15)5-9-17(21)16-8-10-18-19(13-16)25-12-11-24-18/h3-10,13H,2,11-12H2,1H3. The Labute approximate surface area is 145 Å². The average molecular weight is 338 g/mol. The Bertz CT molecular complexity index is 805. The molecule has 0 N–H and O–H groups in total. The van der Waals surface area contributed by atoms with E-state index < -0.39 is 0 Å². The van der Waals surface area contributed by atoms with Crippen LogP contribution in [0.1, 0.15) is 33.2 Å². The SMILES string of the molecule is CCOC(=O)c1ccc(C=CC(=O)c2ccc3c(c2)OCCO3)cc1. The van der Waals surface area contributed by atoms with Crippen molar-refractivity contribution in [1.82, 2.24) is 0 Å². The highest BCUT2D eigenvalue weighted by molar-refractivity contribution is 6.07. The molecule has 1 heterocycles. The van der Waals surface area contributed by atoms with E-state index in [1.165, 1.54) is 6.08 Å². The summed E-state index contributed by atoms with van der Waals surface area (Å²) < 4.78 is 15.9. The van der Waals surface area contributed by atoms with Gasteiger partial charge in [0.05, 0.1) is 12.2 Å². The van der Waals surface area contributed by atoms with Gasteiger partial charge in [0.2, 0.25) is 0 Å². The van der Waals surface area contributed by atoms with E-state index in [1.54, 1.807) is 55.5 Å². The lowest BCUT2D eigenvalue weighted by Gasteiger charge is -2.18. The molecule has 0 amide bonds. The van der Waals surface area contributed by atoms with Crippen molar-refractivity contribution in [3.63, 3.8) is 0 Å². The van der Waals surface area contributed by atoms with Gasteiger partial charge in [-0.3, -0.25) is 4.79 Å². The van der Waals surface area contributed by atoms with Gasteiger partial charge in [-0.25, -0.2) is 4.79 Å². The molecule has 0 aliphatic carbocycles. The van der Waals surface area contributed by atoms with Gasteiger partial charge in [-0.2, -0.15) is 0 Å². The Kier molecular flexibility index (Phi) is 5.14. The zero-order valence-corrected chi connectivity index (χ0v) is 13.9. The van der Waals surface area contributed by atoms with Crippen LogP contribution in [0.2, 0.25) is 0 Å². The van der Waals surface area contributed by atoms with Crippen LogP contribution in [-0.4, -0.2) is 31.6 Å². The molecule has 1 aliphatic rings. The molecule has 2 aromatic carbocycles. The monoisotopic (exact) mass is 338 g/mol. The van der Waals surface area contributed by atoms with Crippen LogP contribution in [0, 0.1) is 0 Å². The van der Waals surface area contributed by atoms with Crippen molar-refractivity contribution in [2.24, 2.45) is 0 Å². The highest BCUT2D eigenvalue weighted by Gasteiger charge is 2.13. The smallest absolute Gasteiger partial charge is 0.338 e. The molecule has 128 valence electrons. The number of benzene rings is 2. The summed E-state index contributed by atoms with van der Waals surface area (Å²) >= 11 is 0.